The van der Waals surface area contributed by atoms with Crippen LogP contribution in [0.3, 0.4) is 0 Å². The molecule has 2 rings (SSSR count). The Morgan fingerprint density at radius 1 is 1.53 bits per heavy atom. The van der Waals surface area contributed by atoms with Crippen LogP contribution < -0.4 is 5.73 Å². The fourth-order valence-corrected chi connectivity index (χ4v) is 1.73. The molecule has 0 aliphatic carbocycles. The minimum Gasteiger partial charge on any atom is -0.345 e. The van der Waals surface area contributed by atoms with Crippen LogP contribution in [0.1, 0.15) is 12.0 Å². The predicted octanol–water partition coefficient (Wildman–Crippen LogP) is 2.58. The van der Waals surface area contributed by atoms with Crippen molar-refractivity contribution in [1.82, 2.24) is 9.97 Å². The molecule has 0 spiro atoms. The summed E-state index contributed by atoms with van der Waals surface area (Å²) in [6.45, 7) is 0.658. The van der Waals surface area contributed by atoms with Gasteiger partial charge in [0.1, 0.15) is 5.65 Å². The molecule has 3 nitrogen and oxygen atoms in total. The zero-order valence-corrected chi connectivity index (χ0v) is 8.96. The van der Waals surface area contributed by atoms with E-state index >= 15 is 0 Å². The number of nitrogens with zero attached hydrogens (tertiary/aromatic N) is 1. The molecule has 0 saturated carbocycles. The number of fused-ring (bicyclic) bond motifs is 1. The molecule has 0 unspecified atom stereocenters. The number of nitrogens with two attached hydrogens (primary N) is 1. The molecule has 0 radical (unpaired) electrons. The number of nitrogens with one attached hydrogen (secondary N) is 1. The Labute approximate surface area is 93.0 Å². The largest absolute Gasteiger partial charge is 0.345 e. The molecule has 3 N–H and O–H groups in total. The maximum atomic E-state index is 6.10. The number of hydrogen-bond donors (Lipinski definition) is 2. The summed E-state index contributed by atoms with van der Waals surface area (Å²) in [4.78, 5) is 7.27. The van der Waals surface area contributed by atoms with Crippen molar-refractivity contribution >= 4 is 28.7 Å². The van der Waals surface area contributed by atoms with Crippen LogP contribution in [0.4, 0.5) is 0 Å². The van der Waals surface area contributed by atoms with Crippen LogP contribution in [0.5, 0.6) is 0 Å². The molecule has 15 heavy (non-hydrogen) atoms. The topological polar surface area (TPSA) is 54.7 Å². The standard InChI is InChI=1S/C11H12ClN3/c12-9-4-6-14-11-10(9)8(7-15-11)3-1-2-5-13/h1,3-4,6-7H,2,5,13H2,(H,14,15). The molecular weight excluding hydrogens is 210 g/mol. The second kappa shape index (κ2) is 4.47. The molecule has 78 valence electrons. The van der Waals surface area contributed by atoms with Crippen LogP contribution in [-0.2, 0) is 0 Å². The van der Waals surface area contributed by atoms with E-state index < -0.39 is 0 Å². The van der Waals surface area contributed by atoms with Gasteiger partial charge in [-0.2, -0.15) is 0 Å². The smallest absolute Gasteiger partial charge is 0.139 e. The van der Waals surface area contributed by atoms with Crippen LogP contribution >= 0.6 is 11.6 Å². The third kappa shape index (κ3) is 2.03. The van der Waals surface area contributed by atoms with E-state index in [1.54, 1.807) is 12.3 Å². The zero-order valence-electron chi connectivity index (χ0n) is 8.20. The van der Waals surface area contributed by atoms with E-state index in [4.69, 9.17) is 17.3 Å². The number of pyridine rings is 1. The highest BCUT2D eigenvalue weighted by atomic mass is 35.5. The molecule has 0 fully saturated rings. The van der Waals surface area contributed by atoms with Crippen molar-refractivity contribution in [3.05, 3.63) is 35.1 Å². The van der Waals surface area contributed by atoms with Gasteiger partial charge in [-0.1, -0.05) is 23.8 Å². The van der Waals surface area contributed by atoms with Gasteiger partial charge in [-0.05, 0) is 19.0 Å². The molecule has 4 heteroatoms. The Morgan fingerprint density at radius 2 is 2.40 bits per heavy atom. The molecule has 0 amide bonds. The summed E-state index contributed by atoms with van der Waals surface area (Å²) in [6, 6.07) is 1.79. The van der Waals surface area contributed by atoms with Crippen molar-refractivity contribution in [2.24, 2.45) is 5.73 Å². The van der Waals surface area contributed by atoms with Gasteiger partial charge in [-0.25, -0.2) is 4.98 Å². The van der Waals surface area contributed by atoms with Crippen LogP contribution in [0, 0.1) is 0 Å². The minimum atomic E-state index is 0.658. The van der Waals surface area contributed by atoms with Crippen LogP contribution in [0.15, 0.2) is 24.5 Å². The molecule has 0 saturated heterocycles. The normalized spacial score (nSPS) is 11.6. The van der Waals surface area contributed by atoms with Gasteiger partial charge in [0, 0.05) is 23.3 Å². The van der Waals surface area contributed by atoms with E-state index in [1.807, 2.05) is 18.3 Å². The summed E-state index contributed by atoms with van der Waals surface area (Å²) < 4.78 is 0. The lowest BCUT2D eigenvalue weighted by molar-refractivity contribution is 1.01. The number of aromatic amines is 1. The Kier molecular flexibility index (Phi) is 3.04. The Balaban J connectivity index is 2.44. The van der Waals surface area contributed by atoms with Gasteiger partial charge in [0.25, 0.3) is 0 Å². The molecule has 0 aromatic carbocycles. The van der Waals surface area contributed by atoms with Gasteiger partial charge in [-0.15, -0.1) is 0 Å². The third-order valence-corrected chi connectivity index (χ3v) is 2.50. The lowest BCUT2D eigenvalue weighted by atomic mass is 10.2. The Hall–Kier alpha value is -1.32. The molecule has 2 aromatic heterocycles. The van der Waals surface area contributed by atoms with Gasteiger partial charge >= 0.3 is 0 Å². The summed E-state index contributed by atoms with van der Waals surface area (Å²) in [6.07, 6.45) is 8.50. The van der Waals surface area contributed by atoms with Gasteiger partial charge in [-0.3, -0.25) is 0 Å². The molecule has 0 aliphatic heterocycles. The van der Waals surface area contributed by atoms with E-state index in [1.165, 1.54) is 0 Å². The number of hydrogen-bond acceptors (Lipinski definition) is 2. The van der Waals surface area contributed by atoms with Crippen LogP contribution in [-0.4, -0.2) is 16.5 Å². The van der Waals surface area contributed by atoms with E-state index in [-0.39, 0.29) is 0 Å². The lowest BCUT2D eigenvalue weighted by Crippen LogP contribution is -1.94. The number of aromatic nitrogens is 2. The van der Waals surface area contributed by atoms with Gasteiger partial charge in [0.05, 0.1) is 5.02 Å². The van der Waals surface area contributed by atoms with E-state index in [9.17, 15) is 0 Å². The zero-order chi connectivity index (χ0) is 10.7. The number of rotatable bonds is 3. The first kappa shape index (κ1) is 10.2. The molecule has 2 heterocycles. The molecule has 0 bridgehead atoms. The van der Waals surface area contributed by atoms with Crippen LogP contribution in [0.25, 0.3) is 17.1 Å². The summed E-state index contributed by atoms with van der Waals surface area (Å²) in [5.74, 6) is 0. The highest BCUT2D eigenvalue weighted by Gasteiger charge is 2.05. The van der Waals surface area contributed by atoms with Gasteiger partial charge < -0.3 is 10.7 Å². The van der Waals surface area contributed by atoms with Gasteiger partial charge in [0.15, 0.2) is 0 Å². The summed E-state index contributed by atoms with van der Waals surface area (Å²) in [7, 11) is 0. The minimum absolute atomic E-state index is 0.658. The highest BCUT2D eigenvalue weighted by Crippen LogP contribution is 2.25. The average molecular weight is 222 g/mol. The number of halogens is 1. The van der Waals surface area contributed by atoms with Crippen molar-refractivity contribution < 1.29 is 0 Å². The maximum absolute atomic E-state index is 6.10. The third-order valence-electron chi connectivity index (χ3n) is 2.18. The molecule has 0 aliphatic rings. The average Bonchev–Trinajstić information content (AvgIpc) is 2.63. The molecule has 2 aromatic rings. The van der Waals surface area contributed by atoms with E-state index in [0.29, 0.717) is 11.6 Å². The quantitative estimate of drug-likeness (QED) is 0.837. The van der Waals surface area contributed by atoms with Crippen molar-refractivity contribution in [3.63, 3.8) is 0 Å². The predicted molar refractivity (Wildman–Crippen MR) is 63.8 cm³/mol. The van der Waals surface area contributed by atoms with E-state index in [2.05, 4.69) is 9.97 Å². The maximum Gasteiger partial charge on any atom is 0.139 e. The number of H-pyrrole nitrogens is 1. The lowest BCUT2D eigenvalue weighted by Gasteiger charge is -1.94. The summed E-state index contributed by atoms with van der Waals surface area (Å²) >= 11 is 6.10. The fourth-order valence-electron chi connectivity index (χ4n) is 1.48. The monoisotopic (exact) mass is 221 g/mol. The highest BCUT2D eigenvalue weighted by molar-refractivity contribution is 6.35. The fraction of sp³-hybridized carbons (Fsp3) is 0.182. The summed E-state index contributed by atoms with van der Waals surface area (Å²) in [5, 5.41) is 1.68. The first-order valence-electron chi connectivity index (χ1n) is 4.81. The molecule has 0 atom stereocenters. The van der Waals surface area contributed by atoms with Crippen molar-refractivity contribution in [2.75, 3.05) is 6.54 Å². The summed E-state index contributed by atoms with van der Waals surface area (Å²) in [5.41, 5.74) is 7.28. The van der Waals surface area contributed by atoms with Gasteiger partial charge in [0.2, 0.25) is 0 Å². The van der Waals surface area contributed by atoms with Crippen molar-refractivity contribution in [3.8, 4) is 0 Å². The van der Waals surface area contributed by atoms with Crippen molar-refractivity contribution in [1.29, 1.82) is 0 Å². The SMILES string of the molecule is NCCC=Cc1c[nH]c2nccc(Cl)c12. The second-order valence-corrected chi connectivity index (χ2v) is 3.65. The van der Waals surface area contributed by atoms with Crippen LogP contribution in [0.2, 0.25) is 5.02 Å². The first-order valence-corrected chi connectivity index (χ1v) is 5.19. The first-order chi connectivity index (χ1) is 7.33. The van der Waals surface area contributed by atoms with Crippen molar-refractivity contribution in [2.45, 2.75) is 6.42 Å². The Morgan fingerprint density at radius 3 is 3.20 bits per heavy atom. The van der Waals surface area contributed by atoms with E-state index in [0.717, 1.165) is 23.0 Å². The Bertz CT molecular complexity index is 488. The second-order valence-electron chi connectivity index (χ2n) is 3.24. The molecular formula is C11H12ClN3.